The molecule has 0 aromatic heterocycles. The predicted molar refractivity (Wildman–Crippen MR) is 118 cm³/mol. The number of aryl methyl sites for hydroxylation is 1. The van der Waals surface area contributed by atoms with Crippen LogP contribution >= 0.6 is 11.8 Å². The highest BCUT2D eigenvalue weighted by atomic mass is 32.2. The van der Waals surface area contributed by atoms with Crippen LogP contribution in [0.25, 0.3) is 0 Å². The van der Waals surface area contributed by atoms with Crippen LogP contribution in [0.5, 0.6) is 0 Å². The lowest BCUT2D eigenvalue weighted by atomic mass is 9.97. The number of thioether (sulfide) groups is 1. The average molecular weight is 451 g/mol. The van der Waals surface area contributed by atoms with E-state index in [1.807, 2.05) is 6.92 Å². The van der Waals surface area contributed by atoms with Crippen molar-refractivity contribution in [3.63, 3.8) is 0 Å². The van der Waals surface area contributed by atoms with Crippen LogP contribution in [0.2, 0.25) is 0 Å². The molecule has 5 nitrogen and oxygen atoms in total. The van der Waals surface area contributed by atoms with Gasteiger partial charge in [0.2, 0.25) is 15.9 Å². The maximum Gasteiger partial charge on any atom is 0.223 e. The highest BCUT2D eigenvalue weighted by Gasteiger charge is 2.31. The van der Waals surface area contributed by atoms with Crippen LogP contribution in [0.3, 0.4) is 0 Å². The Morgan fingerprint density at radius 2 is 1.80 bits per heavy atom. The quantitative estimate of drug-likeness (QED) is 0.493. The van der Waals surface area contributed by atoms with Gasteiger partial charge in [0.25, 0.3) is 0 Å². The highest BCUT2D eigenvalue weighted by Crippen LogP contribution is 2.23. The van der Waals surface area contributed by atoms with Crippen LogP contribution < -0.4 is 5.32 Å². The second-order valence-electron chi connectivity index (χ2n) is 7.47. The van der Waals surface area contributed by atoms with Gasteiger partial charge in [0.05, 0.1) is 5.75 Å². The molecule has 162 valence electrons. The third-order valence-corrected chi connectivity index (χ3v) is 8.05. The van der Waals surface area contributed by atoms with Crippen LogP contribution in [-0.4, -0.2) is 44.0 Å². The summed E-state index contributed by atoms with van der Waals surface area (Å²) in [4.78, 5) is 13.6. The van der Waals surface area contributed by atoms with Crippen LogP contribution in [0, 0.1) is 18.7 Å². The number of hydrogen-bond acceptors (Lipinski definition) is 4. The van der Waals surface area contributed by atoms with Gasteiger partial charge in [-0.2, -0.15) is 0 Å². The van der Waals surface area contributed by atoms with Gasteiger partial charge in [-0.25, -0.2) is 17.1 Å². The molecule has 0 unspecified atom stereocenters. The molecule has 1 fully saturated rings. The first-order valence-corrected chi connectivity index (χ1v) is 12.6. The highest BCUT2D eigenvalue weighted by molar-refractivity contribution is 7.99. The second-order valence-corrected chi connectivity index (χ2v) is 10.6. The van der Waals surface area contributed by atoms with E-state index in [-0.39, 0.29) is 36.2 Å². The number of amides is 1. The fourth-order valence-electron chi connectivity index (χ4n) is 3.42. The van der Waals surface area contributed by atoms with Crippen molar-refractivity contribution in [3.05, 3.63) is 65.5 Å². The molecule has 0 spiro atoms. The summed E-state index contributed by atoms with van der Waals surface area (Å²) in [5.41, 5.74) is 1.39. The summed E-state index contributed by atoms with van der Waals surface area (Å²) < 4.78 is 40.4. The lowest BCUT2D eigenvalue weighted by molar-refractivity contribution is -0.125. The van der Waals surface area contributed by atoms with Gasteiger partial charge < -0.3 is 5.32 Å². The number of piperidine rings is 1. The Kier molecular flexibility index (Phi) is 7.91. The fraction of sp³-hybridized carbons (Fsp3) is 0.409. The minimum absolute atomic E-state index is 0.0225. The molecule has 30 heavy (non-hydrogen) atoms. The van der Waals surface area contributed by atoms with Crippen molar-refractivity contribution in [2.75, 3.05) is 25.4 Å². The fourth-order valence-corrected chi connectivity index (χ4v) is 5.77. The molecular formula is C22H27FN2O3S2. The SMILES string of the molecule is Cc1ccc(SCCNC(=O)C2CCN(S(=O)(=O)Cc3ccccc3F)CC2)cc1. The van der Waals surface area contributed by atoms with Gasteiger partial charge in [-0.05, 0) is 38.0 Å². The molecule has 0 saturated carbocycles. The Labute approximate surface area is 182 Å². The zero-order chi connectivity index (χ0) is 21.6. The number of benzene rings is 2. The standard InChI is InChI=1S/C22H27FN2O3S2/c1-17-6-8-20(9-7-17)29-15-12-24-22(26)18-10-13-25(14-11-18)30(27,28)16-19-4-2-3-5-21(19)23/h2-9,18H,10-16H2,1H3,(H,24,26). The van der Waals surface area contributed by atoms with Gasteiger partial charge in [-0.15, -0.1) is 11.8 Å². The predicted octanol–water partition coefficient (Wildman–Crippen LogP) is 3.58. The number of nitrogens with one attached hydrogen (secondary N) is 1. The molecule has 0 radical (unpaired) electrons. The molecule has 2 aromatic carbocycles. The third kappa shape index (κ3) is 6.30. The largest absolute Gasteiger partial charge is 0.355 e. The molecule has 1 saturated heterocycles. The lowest BCUT2D eigenvalue weighted by Crippen LogP contribution is -2.43. The van der Waals surface area contributed by atoms with Crippen LogP contribution in [0.4, 0.5) is 4.39 Å². The molecule has 0 atom stereocenters. The first-order chi connectivity index (χ1) is 14.3. The van der Waals surface area contributed by atoms with Gasteiger partial charge in [-0.3, -0.25) is 4.79 Å². The lowest BCUT2D eigenvalue weighted by Gasteiger charge is -2.30. The number of carbonyl (C=O) groups excluding carboxylic acids is 1. The smallest absolute Gasteiger partial charge is 0.223 e. The second kappa shape index (κ2) is 10.4. The first-order valence-electron chi connectivity index (χ1n) is 10.0. The van der Waals surface area contributed by atoms with E-state index in [4.69, 9.17) is 0 Å². The zero-order valence-corrected chi connectivity index (χ0v) is 18.6. The summed E-state index contributed by atoms with van der Waals surface area (Å²) >= 11 is 1.69. The van der Waals surface area contributed by atoms with Crippen LogP contribution in [0.1, 0.15) is 24.0 Å². The molecule has 1 aliphatic heterocycles. The Morgan fingerprint density at radius 1 is 1.13 bits per heavy atom. The van der Waals surface area contributed by atoms with E-state index in [0.717, 1.165) is 5.75 Å². The van der Waals surface area contributed by atoms with Crippen molar-refractivity contribution < 1.29 is 17.6 Å². The van der Waals surface area contributed by atoms with Gasteiger partial charge in [-0.1, -0.05) is 35.9 Å². The summed E-state index contributed by atoms with van der Waals surface area (Å²) in [6.45, 7) is 3.19. The summed E-state index contributed by atoms with van der Waals surface area (Å²) in [6, 6.07) is 14.2. The van der Waals surface area contributed by atoms with Crippen molar-refractivity contribution >= 4 is 27.7 Å². The van der Waals surface area contributed by atoms with Crippen LogP contribution in [-0.2, 0) is 20.6 Å². The number of sulfonamides is 1. The van der Waals surface area contributed by atoms with Gasteiger partial charge in [0, 0.05) is 41.8 Å². The van der Waals surface area contributed by atoms with Gasteiger partial charge in [0.1, 0.15) is 5.82 Å². The topological polar surface area (TPSA) is 66.5 Å². The number of carbonyl (C=O) groups is 1. The van der Waals surface area contributed by atoms with Gasteiger partial charge in [0.15, 0.2) is 0 Å². The van der Waals surface area contributed by atoms with E-state index in [1.165, 1.54) is 33.0 Å². The van der Waals surface area contributed by atoms with E-state index >= 15 is 0 Å². The average Bonchev–Trinajstić information content (AvgIpc) is 2.74. The van der Waals surface area contributed by atoms with Gasteiger partial charge >= 0.3 is 0 Å². The molecule has 1 heterocycles. The monoisotopic (exact) mass is 450 g/mol. The summed E-state index contributed by atoms with van der Waals surface area (Å²) in [5.74, 6) is -0.295. The van der Waals surface area contributed by atoms with Crippen molar-refractivity contribution in [2.24, 2.45) is 5.92 Å². The Morgan fingerprint density at radius 3 is 2.47 bits per heavy atom. The zero-order valence-electron chi connectivity index (χ0n) is 17.0. The maximum atomic E-state index is 13.8. The maximum absolute atomic E-state index is 13.8. The third-order valence-electron chi connectivity index (χ3n) is 5.20. The van der Waals surface area contributed by atoms with Crippen molar-refractivity contribution in [1.82, 2.24) is 9.62 Å². The number of rotatable bonds is 8. The molecule has 2 aromatic rings. The Bertz CT molecular complexity index is 957. The molecular weight excluding hydrogens is 423 g/mol. The van der Waals surface area contributed by atoms with Crippen molar-refractivity contribution in [1.29, 1.82) is 0 Å². The molecule has 0 bridgehead atoms. The van der Waals surface area contributed by atoms with E-state index in [0.29, 0.717) is 19.4 Å². The number of hydrogen-bond donors (Lipinski definition) is 1. The summed E-state index contributed by atoms with van der Waals surface area (Å²) in [5, 5.41) is 2.96. The number of halogens is 1. The molecule has 1 N–H and O–H groups in total. The molecule has 1 amide bonds. The normalized spacial score (nSPS) is 15.8. The van der Waals surface area contributed by atoms with E-state index in [2.05, 4.69) is 29.6 Å². The molecule has 0 aliphatic carbocycles. The number of nitrogens with zero attached hydrogens (tertiary/aromatic N) is 1. The summed E-state index contributed by atoms with van der Waals surface area (Å²) in [7, 11) is -3.60. The minimum atomic E-state index is -3.60. The van der Waals surface area contributed by atoms with Crippen LogP contribution in [0.15, 0.2) is 53.4 Å². The van der Waals surface area contributed by atoms with E-state index < -0.39 is 15.8 Å². The van der Waals surface area contributed by atoms with Crippen molar-refractivity contribution in [2.45, 2.75) is 30.4 Å². The molecule has 1 aliphatic rings. The van der Waals surface area contributed by atoms with E-state index in [9.17, 15) is 17.6 Å². The first kappa shape index (κ1) is 22.8. The molecule has 8 heteroatoms. The van der Waals surface area contributed by atoms with Crippen molar-refractivity contribution in [3.8, 4) is 0 Å². The summed E-state index contributed by atoms with van der Waals surface area (Å²) in [6.07, 6.45) is 0.959. The Balaban J connectivity index is 1.41. The minimum Gasteiger partial charge on any atom is -0.355 e. The Hall–Kier alpha value is -1.90. The van der Waals surface area contributed by atoms with E-state index in [1.54, 1.807) is 17.8 Å². The molecule has 3 rings (SSSR count).